The Hall–Kier alpha value is -1.62. The summed E-state index contributed by atoms with van der Waals surface area (Å²) in [5.74, 6) is -0.661. The maximum Gasteiger partial charge on any atom is 0.341 e. The van der Waals surface area contributed by atoms with Gasteiger partial charge in [-0.3, -0.25) is 4.98 Å². The summed E-state index contributed by atoms with van der Waals surface area (Å²) in [6.07, 6.45) is 4.58. The van der Waals surface area contributed by atoms with Crippen molar-refractivity contribution in [2.75, 3.05) is 13.2 Å². The van der Waals surface area contributed by atoms with E-state index in [0.717, 1.165) is 31.6 Å². The van der Waals surface area contributed by atoms with Crippen molar-refractivity contribution in [2.45, 2.75) is 32.3 Å². The molecule has 1 unspecified atom stereocenters. The van der Waals surface area contributed by atoms with Crippen molar-refractivity contribution in [1.29, 1.82) is 0 Å². The lowest BCUT2D eigenvalue weighted by Gasteiger charge is -2.23. The smallest absolute Gasteiger partial charge is 0.341 e. The quantitative estimate of drug-likeness (QED) is 0.886. The van der Waals surface area contributed by atoms with E-state index in [-0.39, 0.29) is 11.7 Å². The second kappa shape index (κ2) is 5.82. The highest BCUT2D eigenvalue weighted by Crippen LogP contribution is 2.20. The maximum atomic E-state index is 11.0. The molecule has 1 fully saturated rings. The van der Waals surface area contributed by atoms with Crippen LogP contribution < -0.4 is 4.74 Å². The number of carbonyl (C=O) groups is 1. The minimum atomic E-state index is -1.03. The molecule has 5 heteroatoms. The molecule has 2 heterocycles. The number of aromatic nitrogens is 1. The first-order valence-electron chi connectivity index (χ1n) is 6.11. The summed E-state index contributed by atoms with van der Waals surface area (Å²) >= 11 is 0. The fourth-order valence-corrected chi connectivity index (χ4v) is 1.94. The van der Waals surface area contributed by atoms with Gasteiger partial charge in [-0.05, 0) is 26.2 Å². The Morgan fingerprint density at radius 1 is 1.61 bits per heavy atom. The number of nitrogens with zero attached hydrogens (tertiary/aromatic N) is 1. The average Bonchev–Trinajstić information content (AvgIpc) is 2.37. The van der Waals surface area contributed by atoms with Gasteiger partial charge in [0, 0.05) is 24.6 Å². The summed E-state index contributed by atoms with van der Waals surface area (Å²) in [4.78, 5) is 15.0. The van der Waals surface area contributed by atoms with E-state index in [1.807, 2.05) is 0 Å². The Labute approximate surface area is 106 Å². The highest BCUT2D eigenvalue weighted by atomic mass is 16.5. The number of carboxylic acid groups (broad SMARTS) is 1. The van der Waals surface area contributed by atoms with Gasteiger partial charge in [0.25, 0.3) is 0 Å². The minimum Gasteiger partial charge on any atom is -0.490 e. The fraction of sp³-hybridized carbons (Fsp3) is 0.538. The van der Waals surface area contributed by atoms with E-state index in [9.17, 15) is 4.79 Å². The van der Waals surface area contributed by atoms with Crippen LogP contribution in [0.1, 0.15) is 35.3 Å². The summed E-state index contributed by atoms with van der Waals surface area (Å²) in [7, 11) is 0. The Kier molecular flexibility index (Phi) is 4.15. The first-order chi connectivity index (χ1) is 8.66. The Balaban J connectivity index is 2.03. The summed E-state index contributed by atoms with van der Waals surface area (Å²) in [5, 5.41) is 9.04. The van der Waals surface area contributed by atoms with Gasteiger partial charge in [-0.15, -0.1) is 0 Å². The van der Waals surface area contributed by atoms with Crippen LogP contribution in [0.4, 0.5) is 0 Å². The zero-order valence-corrected chi connectivity index (χ0v) is 10.4. The Morgan fingerprint density at radius 2 is 2.44 bits per heavy atom. The molecule has 0 aromatic carbocycles. The molecule has 0 spiro atoms. The molecule has 1 aromatic rings. The number of carboxylic acids is 1. The van der Waals surface area contributed by atoms with Gasteiger partial charge in [0.15, 0.2) is 0 Å². The van der Waals surface area contributed by atoms with Crippen molar-refractivity contribution in [3.8, 4) is 5.75 Å². The zero-order valence-electron chi connectivity index (χ0n) is 10.4. The molecule has 98 valence electrons. The lowest BCUT2D eigenvalue weighted by atomic mass is 10.1. The Bertz CT molecular complexity index is 427. The van der Waals surface area contributed by atoms with Gasteiger partial charge in [-0.25, -0.2) is 4.79 Å². The molecular weight excluding hydrogens is 234 g/mol. The van der Waals surface area contributed by atoms with Crippen molar-refractivity contribution in [1.82, 2.24) is 4.98 Å². The lowest BCUT2D eigenvalue weighted by molar-refractivity contribution is -0.0113. The van der Waals surface area contributed by atoms with Gasteiger partial charge < -0.3 is 14.6 Å². The summed E-state index contributed by atoms with van der Waals surface area (Å²) in [5.41, 5.74) is 0.830. The van der Waals surface area contributed by atoms with Crippen molar-refractivity contribution in [2.24, 2.45) is 0 Å². The highest BCUT2D eigenvalue weighted by Gasteiger charge is 2.17. The van der Waals surface area contributed by atoms with Gasteiger partial charge >= 0.3 is 5.97 Å². The lowest BCUT2D eigenvalue weighted by Crippen LogP contribution is -2.26. The van der Waals surface area contributed by atoms with E-state index in [1.165, 1.54) is 6.20 Å². The number of hydrogen-bond donors (Lipinski definition) is 1. The minimum absolute atomic E-state index is 0.0638. The first-order valence-corrected chi connectivity index (χ1v) is 6.11. The van der Waals surface area contributed by atoms with Crippen LogP contribution in [0.5, 0.6) is 5.75 Å². The molecule has 1 aliphatic rings. The monoisotopic (exact) mass is 251 g/mol. The molecule has 0 saturated carbocycles. The number of pyridine rings is 1. The standard InChI is InChI=1S/C13H17NO4/c1-9-6-12(11(7-14-9)13(15)16)18-8-10-4-2-3-5-17-10/h6-7,10H,2-5,8H2,1H3,(H,15,16). The average molecular weight is 251 g/mol. The van der Waals surface area contributed by atoms with Crippen LogP contribution in [0.2, 0.25) is 0 Å². The van der Waals surface area contributed by atoms with Crippen LogP contribution in [0, 0.1) is 6.92 Å². The second-order valence-electron chi connectivity index (χ2n) is 4.43. The van der Waals surface area contributed by atoms with Crippen LogP contribution in [0.3, 0.4) is 0 Å². The van der Waals surface area contributed by atoms with Crippen LogP contribution in [0.25, 0.3) is 0 Å². The van der Waals surface area contributed by atoms with Gasteiger partial charge in [0.2, 0.25) is 0 Å². The van der Waals surface area contributed by atoms with Crippen molar-refractivity contribution in [3.63, 3.8) is 0 Å². The molecule has 2 rings (SSSR count). The van der Waals surface area contributed by atoms with E-state index in [0.29, 0.717) is 12.4 Å². The number of aryl methyl sites for hydroxylation is 1. The number of aromatic carboxylic acids is 1. The first kappa shape index (κ1) is 12.8. The van der Waals surface area contributed by atoms with E-state index in [1.54, 1.807) is 13.0 Å². The van der Waals surface area contributed by atoms with E-state index in [2.05, 4.69) is 4.98 Å². The van der Waals surface area contributed by atoms with E-state index < -0.39 is 5.97 Å². The number of hydrogen-bond acceptors (Lipinski definition) is 4. The predicted molar refractivity (Wildman–Crippen MR) is 65.0 cm³/mol. The van der Waals surface area contributed by atoms with Crippen LogP contribution in [-0.4, -0.2) is 35.4 Å². The fourth-order valence-electron chi connectivity index (χ4n) is 1.94. The molecule has 1 N–H and O–H groups in total. The molecule has 0 bridgehead atoms. The molecule has 1 aliphatic heterocycles. The summed E-state index contributed by atoms with van der Waals surface area (Å²) < 4.78 is 11.1. The molecule has 1 aromatic heterocycles. The van der Waals surface area contributed by atoms with Gasteiger partial charge in [0.05, 0.1) is 6.10 Å². The van der Waals surface area contributed by atoms with Gasteiger partial charge in [-0.2, -0.15) is 0 Å². The molecule has 0 amide bonds. The Morgan fingerprint density at radius 3 is 3.11 bits per heavy atom. The largest absolute Gasteiger partial charge is 0.490 e. The molecule has 0 aliphatic carbocycles. The maximum absolute atomic E-state index is 11.0. The zero-order chi connectivity index (χ0) is 13.0. The van der Waals surface area contributed by atoms with Crippen molar-refractivity contribution < 1.29 is 19.4 Å². The highest BCUT2D eigenvalue weighted by molar-refractivity contribution is 5.90. The third-order valence-corrected chi connectivity index (χ3v) is 2.93. The molecule has 0 radical (unpaired) electrons. The molecule has 1 atom stereocenters. The second-order valence-corrected chi connectivity index (χ2v) is 4.43. The van der Waals surface area contributed by atoms with E-state index in [4.69, 9.17) is 14.6 Å². The van der Waals surface area contributed by atoms with Crippen LogP contribution in [-0.2, 0) is 4.74 Å². The van der Waals surface area contributed by atoms with Gasteiger partial charge in [-0.1, -0.05) is 0 Å². The number of rotatable bonds is 4. The molecule has 18 heavy (non-hydrogen) atoms. The third-order valence-electron chi connectivity index (χ3n) is 2.93. The van der Waals surface area contributed by atoms with Crippen molar-refractivity contribution >= 4 is 5.97 Å². The van der Waals surface area contributed by atoms with Crippen LogP contribution >= 0.6 is 0 Å². The van der Waals surface area contributed by atoms with Crippen LogP contribution in [0.15, 0.2) is 12.3 Å². The van der Waals surface area contributed by atoms with Gasteiger partial charge in [0.1, 0.15) is 17.9 Å². The molecule has 1 saturated heterocycles. The third kappa shape index (κ3) is 3.20. The molecular formula is C13H17NO4. The van der Waals surface area contributed by atoms with E-state index >= 15 is 0 Å². The predicted octanol–water partition coefficient (Wildman–Crippen LogP) is 2.04. The topological polar surface area (TPSA) is 68.7 Å². The van der Waals surface area contributed by atoms with Crippen molar-refractivity contribution in [3.05, 3.63) is 23.5 Å². The summed E-state index contributed by atoms with van der Waals surface area (Å²) in [6, 6.07) is 1.65. The normalized spacial score (nSPS) is 19.5. The molecule has 5 nitrogen and oxygen atoms in total. The summed E-state index contributed by atoms with van der Waals surface area (Å²) in [6.45, 7) is 2.95. The number of ether oxygens (including phenoxy) is 2. The SMILES string of the molecule is Cc1cc(OCC2CCCCO2)c(C(=O)O)cn1.